The summed E-state index contributed by atoms with van der Waals surface area (Å²) in [7, 11) is 1.00. The van der Waals surface area contributed by atoms with E-state index in [-0.39, 0.29) is 28.7 Å². The monoisotopic (exact) mass is 477 g/mol. The molecule has 0 aromatic heterocycles. The van der Waals surface area contributed by atoms with Crippen molar-refractivity contribution in [3.63, 3.8) is 0 Å². The quantitative estimate of drug-likeness (QED) is 0.402. The van der Waals surface area contributed by atoms with Gasteiger partial charge < -0.3 is 10.2 Å². The summed E-state index contributed by atoms with van der Waals surface area (Å²) in [6.45, 7) is 8.85. The Morgan fingerprint density at radius 2 is 2.00 bits per heavy atom. The van der Waals surface area contributed by atoms with Crippen LogP contribution in [0.25, 0.3) is 0 Å². The van der Waals surface area contributed by atoms with E-state index in [1.807, 2.05) is 27.8 Å². The highest BCUT2D eigenvalue weighted by molar-refractivity contribution is 14.0. The Balaban J connectivity index is 0.00000312. The molecule has 1 heterocycles. The van der Waals surface area contributed by atoms with Gasteiger partial charge in [0.2, 0.25) is 0 Å². The van der Waals surface area contributed by atoms with E-state index in [4.69, 9.17) is 0 Å². The predicted molar refractivity (Wildman–Crippen MR) is 119 cm³/mol. The third-order valence-corrected chi connectivity index (χ3v) is 6.36. The van der Waals surface area contributed by atoms with Crippen LogP contribution < -0.4 is 5.32 Å². The smallest absolute Gasteiger partial charge is 0.193 e. The molecule has 4 nitrogen and oxygen atoms in total. The van der Waals surface area contributed by atoms with Gasteiger partial charge in [0.05, 0.1) is 0 Å². The Hall–Kier alpha value is -0.630. The molecule has 1 aromatic rings. The highest BCUT2D eigenvalue weighted by Crippen LogP contribution is 2.20. The topological polar surface area (TPSA) is 44.7 Å². The molecule has 2 unspecified atom stereocenters. The highest BCUT2D eigenvalue weighted by atomic mass is 127. The van der Waals surface area contributed by atoms with E-state index in [9.17, 15) is 4.21 Å². The van der Waals surface area contributed by atoms with Crippen LogP contribution in [-0.2, 0) is 17.2 Å². The highest BCUT2D eigenvalue weighted by Gasteiger charge is 2.25. The number of hydrogen-bond acceptors (Lipinski definition) is 2. The summed E-state index contributed by atoms with van der Waals surface area (Å²) in [5.74, 6) is 2.27. The summed E-state index contributed by atoms with van der Waals surface area (Å²) in [5, 5.41) is 3.38. The van der Waals surface area contributed by atoms with Gasteiger partial charge in [-0.25, -0.2) is 0 Å². The van der Waals surface area contributed by atoms with Gasteiger partial charge in [0.1, 0.15) is 0 Å². The molecule has 0 spiro atoms. The number of hydrogen-bond donors (Lipinski definition) is 1. The third kappa shape index (κ3) is 7.25. The van der Waals surface area contributed by atoms with Crippen LogP contribution in [0.3, 0.4) is 0 Å². The Labute approximate surface area is 172 Å². The molecule has 6 heteroatoms. The second-order valence-electron chi connectivity index (χ2n) is 7.43. The maximum absolute atomic E-state index is 12.1. The first-order valence-corrected chi connectivity index (χ1v) is 10.1. The van der Waals surface area contributed by atoms with Crippen molar-refractivity contribution >= 4 is 40.7 Å². The SMILES string of the molecule is CN=C(NCCS(=O)C(C)(C)C)N1CCC(Cc2ccccc2)C1.I. The van der Waals surface area contributed by atoms with Crippen molar-refractivity contribution in [2.75, 3.05) is 32.4 Å². The van der Waals surface area contributed by atoms with E-state index in [1.165, 1.54) is 12.0 Å². The van der Waals surface area contributed by atoms with Crippen molar-refractivity contribution in [3.05, 3.63) is 35.9 Å². The molecule has 0 bridgehead atoms. The fourth-order valence-electron chi connectivity index (χ4n) is 3.03. The molecule has 1 aliphatic rings. The van der Waals surface area contributed by atoms with Gasteiger partial charge in [-0.3, -0.25) is 9.20 Å². The van der Waals surface area contributed by atoms with E-state index in [0.717, 1.165) is 25.5 Å². The van der Waals surface area contributed by atoms with Crippen molar-refractivity contribution in [1.29, 1.82) is 0 Å². The number of nitrogens with zero attached hydrogens (tertiary/aromatic N) is 2. The minimum Gasteiger partial charge on any atom is -0.355 e. The Kier molecular flexibility index (Phi) is 9.41. The lowest BCUT2D eigenvalue weighted by Crippen LogP contribution is -2.42. The lowest BCUT2D eigenvalue weighted by molar-refractivity contribution is 0.461. The number of nitrogens with one attached hydrogen (secondary N) is 1. The first-order valence-electron chi connectivity index (χ1n) is 8.78. The third-order valence-electron chi connectivity index (χ3n) is 4.42. The van der Waals surface area contributed by atoms with Crippen molar-refractivity contribution < 1.29 is 4.21 Å². The molecule has 2 atom stereocenters. The summed E-state index contributed by atoms with van der Waals surface area (Å²) in [6, 6.07) is 10.7. The van der Waals surface area contributed by atoms with Crippen LogP contribution in [0.2, 0.25) is 0 Å². The number of benzene rings is 1. The van der Waals surface area contributed by atoms with Crippen molar-refractivity contribution in [1.82, 2.24) is 10.2 Å². The van der Waals surface area contributed by atoms with Gasteiger partial charge in [0.15, 0.2) is 5.96 Å². The summed E-state index contributed by atoms with van der Waals surface area (Å²) < 4.78 is 12.0. The standard InChI is InChI=1S/C19H31N3OS.HI/c1-19(2,3)24(23)13-11-21-18(20-4)22-12-10-17(15-22)14-16-8-6-5-7-9-16;/h5-9,17H,10-15H2,1-4H3,(H,20,21);1H. The molecule has 0 saturated carbocycles. The van der Waals surface area contributed by atoms with Crippen molar-refractivity contribution in [2.45, 2.75) is 38.4 Å². The van der Waals surface area contributed by atoms with Gasteiger partial charge in [-0.2, -0.15) is 0 Å². The summed E-state index contributed by atoms with van der Waals surface area (Å²) in [5.41, 5.74) is 1.41. The van der Waals surface area contributed by atoms with E-state index >= 15 is 0 Å². The van der Waals surface area contributed by atoms with E-state index in [0.29, 0.717) is 18.2 Å². The molecule has 2 rings (SSSR count). The van der Waals surface area contributed by atoms with Crippen molar-refractivity contribution in [2.24, 2.45) is 10.9 Å². The fourth-order valence-corrected chi connectivity index (χ4v) is 3.93. The zero-order valence-electron chi connectivity index (χ0n) is 15.8. The molecule has 0 amide bonds. The molecule has 142 valence electrons. The molecule has 1 fully saturated rings. The maximum Gasteiger partial charge on any atom is 0.193 e. The first-order chi connectivity index (χ1) is 11.4. The molecule has 0 radical (unpaired) electrons. The first kappa shape index (κ1) is 22.4. The van der Waals surface area contributed by atoms with Crippen LogP contribution in [0.4, 0.5) is 0 Å². The van der Waals surface area contributed by atoms with Crippen LogP contribution in [-0.4, -0.2) is 52.3 Å². The summed E-state index contributed by atoms with van der Waals surface area (Å²) in [4.78, 5) is 6.73. The predicted octanol–water partition coefficient (Wildman–Crippen LogP) is 3.29. The van der Waals surface area contributed by atoms with Gasteiger partial charge in [-0.05, 0) is 45.1 Å². The van der Waals surface area contributed by atoms with Crippen LogP contribution >= 0.6 is 24.0 Å². The number of rotatable bonds is 5. The molecule has 25 heavy (non-hydrogen) atoms. The van der Waals surface area contributed by atoms with Crippen LogP contribution in [0.1, 0.15) is 32.8 Å². The van der Waals surface area contributed by atoms with Gasteiger partial charge >= 0.3 is 0 Å². The zero-order chi connectivity index (χ0) is 17.6. The normalized spacial score (nSPS) is 19.4. The van der Waals surface area contributed by atoms with Crippen LogP contribution in [0.5, 0.6) is 0 Å². The lowest BCUT2D eigenvalue weighted by Gasteiger charge is -2.23. The average molecular weight is 477 g/mol. The van der Waals surface area contributed by atoms with Gasteiger partial charge in [0, 0.05) is 48.0 Å². The van der Waals surface area contributed by atoms with Crippen LogP contribution in [0, 0.1) is 5.92 Å². The molecule has 1 N–H and O–H groups in total. The fraction of sp³-hybridized carbons (Fsp3) is 0.632. The zero-order valence-corrected chi connectivity index (χ0v) is 19.0. The minimum atomic E-state index is -0.827. The van der Waals surface area contributed by atoms with E-state index in [1.54, 1.807) is 0 Å². The number of likely N-dealkylation sites (tertiary alicyclic amines) is 1. The maximum atomic E-state index is 12.1. The molecule has 1 aromatic carbocycles. The largest absolute Gasteiger partial charge is 0.355 e. The van der Waals surface area contributed by atoms with Gasteiger partial charge in [-0.1, -0.05) is 30.3 Å². The molecule has 1 aliphatic heterocycles. The average Bonchev–Trinajstić information content (AvgIpc) is 2.99. The van der Waals surface area contributed by atoms with Crippen LogP contribution in [0.15, 0.2) is 35.3 Å². The molecule has 0 aliphatic carbocycles. The van der Waals surface area contributed by atoms with E-state index in [2.05, 4.69) is 45.5 Å². The van der Waals surface area contributed by atoms with Gasteiger partial charge in [0.25, 0.3) is 0 Å². The summed E-state index contributed by atoms with van der Waals surface area (Å²) >= 11 is 0. The number of halogens is 1. The van der Waals surface area contributed by atoms with Gasteiger partial charge in [-0.15, -0.1) is 24.0 Å². The minimum absolute atomic E-state index is 0. The number of aliphatic imine (C=N–C) groups is 1. The summed E-state index contributed by atoms with van der Waals surface area (Å²) in [6.07, 6.45) is 2.33. The molecular formula is C19H32IN3OS. The lowest BCUT2D eigenvalue weighted by atomic mass is 9.99. The molecular weight excluding hydrogens is 445 g/mol. The number of guanidine groups is 1. The Morgan fingerprint density at radius 3 is 2.60 bits per heavy atom. The molecule has 1 saturated heterocycles. The second kappa shape index (κ2) is 10.5. The second-order valence-corrected chi connectivity index (χ2v) is 9.75. The van der Waals surface area contributed by atoms with Crippen molar-refractivity contribution in [3.8, 4) is 0 Å². The van der Waals surface area contributed by atoms with E-state index < -0.39 is 10.8 Å². The Morgan fingerprint density at radius 1 is 1.32 bits per heavy atom. The Bertz CT molecular complexity index is 572.